The fourth-order valence-electron chi connectivity index (χ4n) is 2.69. The van der Waals surface area contributed by atoms with Gasteiger partial charge < -0.3 is 20.1 Å². The van der Waals surface area contributed by atoms with Gasteiger partial charge in [-0.25, -0.2) is 4.39 Å². The van der Waals surface area contributed by atoms with Crippen molar-refractivity contribution in [3.63, 3.8) is 0 Å². The molecular formula is C16H17FN2O4. The Kier molecular flexibility index (Phi) is 4.40. The number of benzene rings is 1. The molecule has 6 nitrogen and oxygen atoms in total. The molecule has 1 aliphatic rings. The van der Waals surface area contributed by atoms with E-state index >= 15 is 0 Å². The Morgan fingerprint density at radius 1 is 1.26 bits per heavy atom. The third-order valence-corrected chi connectivity index (χ3v) is 4.01. The molecule has 0 bridgehead atoms. The summed E-state index contributed by atoms with van der Waals surface area (Å²) >= 11 is 0. The summed E-state index contributed by atoms with van der Waals surface area (Å²) in [5.41, 5.74) is 0.669. The summed E-state index contributed by atoms with van der Waals surface area (Å²) in [5.74, 6) is -0.504. The number of aromatic nitrogens is 1. The van der Waals surface area contributed by atoms with Crippen molar-refractivity contribution in [2.75, 3.05) is 0 Å². The number of nitrogens with one attached hydrogen (secondary N) is 1. The number of carbonyl (C=O) groups excluding carboxylic acids is 1. The molecule has 0 radical (unpaired) electrons. The predicted octanol–water partition coefficient (Wildman–Crippen LogP) is 1.48. The minimum atomic E-state index is -0.990. The lowest BCUT2D eigenvalue weighted by Crippen LogP contribution is -2.51. The van der Waals surface area contributed by atoms with Crippen LogP contribution < -0.4 is 5.32 Å². The van der Waals surface area contributed by atoms with Gasteiger partial charge in [0.2, 0.25) is 0 Å². The molecule has 3 atom stereocenters. The van der Waals surface area contributed by atoms with Gasteiger partial charge in [0.15, 0.2) is 11.5 Å². The first-order valence-electron chi connectivity index (χ1n) is 7.44. The highest BCUT2D eigenvalue weighted by molar-refractivity contribution is 5.93. The molecule has 1 fully saturated rings. The van der Waals surface area contributed by atoms with Gasteiger partial charge >= 0.3 is 0 Å². The topological polar surface area (TPSA) is 95.6 Å². The van der Waals surface area contributed by atoms with Crippen molar-refractivity contribution in [2.24, 2.45) is 0 Å². The number of nitrogens with zero attached hydrogens (tertiary/aromatic N) is 1. The SMILES string of the molecule is O=C(N[C@@H]1CCC[C@@H](O)[C@@H]1O)c1cc(-c2ccc(F)cc2)on1. The van der Waals surface area contributed by atoms with E-state index in [9.17, 15) is 19.4 Å². The standard InChI is InChI=1S/C16H17FN2O4/c17-10-6-4-9(5-7-10)14-8-12(19-23-14)16(22)18-11-2-1-3-13(20)15(11)21/h4-8,11,13,15,20-21H,1-3H2,(H,18,22)/t11-,13-,15-/m1/s1. The highest BCUT2D eigenvalue weighted by atomic mass is 19.1. The van der Waals surface area contributed by atoms with Crippen LogP contribution in [0, 0.1) is 5.82 Å². The zero-order valence-corrected chi connectivity index (χ0v) is 12.3. The van der Waals surface area contributed by atoms with Crippen molar-refractivity contribution in [1.82, 2.24) is 10.5 Å². The Labute approximate surface area is 131 Å². The van der Waals surface area contributed by atoms with Crippen molar-refractivity contribution >= 4 is 5.91 Å². The van der Waals surface area contributed by atoms with Gasteiger partial charge in [0.05, 0.1) is 18.2 Å². The summed E-state index contributed by atoms with van der Waals surface area (Å²) in [5, 5.41) is 25.9. The molecule has 2 aromatic rings. The fraction of sp³-hybridized carbons (Fsp3) is 0.375. The molecule has 0 saturated heterocycles. The number of halogens is 1. The van der Waals surface area contributed by atoms with Crippen molar-refractivity contribution in [2.45, 2.75) is 37.5 Å². The van der Waals surface area contributed by atoms with E-state index in [0.717, 1.165) is 6.42 Å². The van der Waals surface area contributed by atoms with Crippen molar-refractivity contribution in [3.05, 3.63) is 41.8 Å². The third-order valence-electron chi connectivity index (χ3n) is 4.01. The second kappa shape index (κ2) is 6.47. The maximum absolute atomic E-state index is 12.9. The summed E-state index contributed by atoms with van der Waals surface area (Å²) in [6.07, 6.45) is 0.0130. The first kappa shape index (κ1) is 15.6. The molecule has 0 aliphatic heterocycles. The lowest BCUT2D eigenvalue weighted by molar-refractivity contribution is -0.0278. The summed E-state index contributed by atoms with van der Waals surface area (Å²) < 4.78 is 18.0. The number of carbonyl (C=O) groups is 1. The highest BCUT2D eigenvalue weighted by Crippen LogP contribution is 2.22. The van der Waals surface area contributed by atoms with Crippen LogP contribution in [0.15, 0.2) is 34.9 Å². The fourth-order valence-corrected chi connectivity index (χ4v) is 2.69. The first-order chi connectivity index (χ1) is 11.0. The van der Waals surface area contributed by atoms with E-state index in [-0.39, 0.29) is 11.5 Å². The molecule has 122 valence electrons. The minimum Gasteiger partial charge on any atom is -0.390 e. The number of amides is 1. The Balaban J connectivity index is 1.70. The van der Waals surface area contributed by atoms with Crippen LogP contribution in [0.5, 0.6) is 0 Å². The molecule has 7 heteroatoms. The molecule has 1 aromatic carbocycles. The van der Waals surface area contributed by atoms with Gasteiger partial charge in [-0.2, -0.15) is 0 Å². The molecule has 1 amide bonds. The molecule has 0 unspecified atom stereocenters. The highest BCUT2D eigenvalue weighted by Gasteiger charge is 2.32. The monoisotopic (exact) mass is 320 g/mol. The van der Waals surface area contributed by atoms with E-state index in [4.69, 9.17) is 4.52 Å². The van der Waals surface area contributed by atoms with Crippen LogP contribution in [0.1, 0.15) is 29.8 Å². The summed E-state index contributed by atoms with van der Waals surface area (Å²) in [4.78, 5) is 12.2. The summed E-state index contributed by atoms with van der Waals surface area (Å²) in [6, 6.07) is 6.57. The van der Waals surface area contributed by atoms with Gasteiger partial charge in [0, 0.05) is 11.6 Å². The Morgan fingerprint density at radius 2 is 2.00 bits per heavy atom. The van der Waals surface area contributed by atoms with E-state index in [1.165, 1.54) is 30.3 Å². The van der Waals surface area contributed by atoms with Crippen LogP contribution >= 0.6 is 0 Å². The average molecular weight is 320 g/mol. The van der Waals surface area contributed by atoms with Gasteiger partial charge in [-0.3, -0.25) is 4.79 Å². The van der Waals surface area contributed by atoms with E-state index in [1.807, 2.05) is 0 Å². The zero-order chi connectivity index (χ0) is 16.4. The molecule has 23 heavy (non-hydrogen) atoms. The van der Waals surface area contributed by atoms with Crippen LogP contribution in [-0.4, -0.2) is 39.5 Å². The minimum absolute atomic E-state index is 0.0663. The van der Waals surface area contributed by atoms with Crippen LogP contribution in [0.4, 0.5) is 4.39 Å². The van der Waals surface area contributed by atoms with E-state index in [2.05, 4.69) is 10.5 Å². The lowest BCUT2D eigenvalue weighted by Gasteiger charge is -2.31. The van der Waals surface area contributed by atoms with Crippen LogP contribution in [0.3, 0.4) is 0 Å². The van der Waals surface area contributed by atoms with Gasteiger partial charge in [0.25, 0.3) is 5.91 Å². The molecule has 3 N–H and O–H groups in total. The van der Waals surface area contributed by atoms with Crippen LogP contribution in [-0.2, 0) is 0 Å². The van der Waals surface area contributed by atoms with Crippen LogP contribution in [0.25, 0.3) is 11.3 Å². The maximum Gasteiger partial charge on any atom is 0.273 e. The van der Waals surface area contributed by atoms with Crippen molar-refractivity contribution < 1.29 is 23.9 Å². The normalized spacial score (nSPS) is 24.4. The van der Waals surface area contributed by atoms with Crippen molar-refractivity contribution in [3.8, 4) is 11.3 Å². The molecule has 1 aromatic heterocycles. The van der Waals surface area contributed by atoms with E-state index < -0.39 is 24.2 Å². The van der Waals surface area contributed by atoms with Gasteiger partial charge in [-0.1, -0.05) is 5.16 Å². The summed E-state index contributed by atoms with van der Waals surface area (Å²) in [6.45, 7) is 0. The van der Waals surface area contributed by atoms with Crippen LogP contribution in [0.2, 0.25) is 0 Å². The van der Waals surface area contributed by atoms with Gasteiger partial charge in [-0.15, -0.1) is 0 Å². The average Bonchev–Trinajstić information content (AvgIpc) is 3.02. The summed E-state index contributed by atoms with van der Waals surface area (Å²) in [7, 11) is 0. The van der Waals surface area contributed by atoms with E-state index in [0.29, 0.717) is 24.2 Å². The second-order valence-corrected chi connectivity index (χ2v) is 5.65. The zero-order valence-electron chi connectivity index (χ0n) is 12.3. The number of hydrogen-bond donors (Lipinski definition) is 3. The number of rotatable bonds is 3. The molecule has 1 heterocycles. The molecule has 1 saturated carbocycles. The molecule has 1 aliphatic carbocycles. The Hall–Kier alpha value is -2.25. The van der Waals surface area contributed by atoms with E-state index in [1.54, 1.807) is 0 Å². The Morgan fingerprint density at radius 3 is 2.74 bits per heavy atom. The van der Waals surface area contributed by atoms with Gasteiger partial charge in [0.1, 0.15) is 5.82 Å². The smallest absolute Gasteiger partial charge is 0.273 e. The number of aliphatic hydroxyl groups excluding tert-OH is 2. The van der Waals surface area contributed by atoms with Gasteiger partial charge in [-0.05, 0) is 43.5 Å². The molecule has 3 rings (SSSR count). The third kappa shape index (κ3) is 3.40. The number of hydrogen-bond acceptors (Lipinski definition) is 5. The largest absolute Gasteiger partial charge is 0.390 e. The predicted molar refractivity (Wildman–Crippen MR) is 79.0 cm³/mol. The Bertz CT molecular complexity index is 686. The lowest BCUT2D eigenvalue weighted by atomic mass is 9.90. The molecule has 0 spiro atoms. The molecular weight excluding hydrogens is 303 g/mol. The van der Waals surface area contributed by atoms with Crippen molar-refractivity contribution in [1.29, 1.82) is 0 Å². The first-order valence-corrected chi connectivity index (χ1v) is 7.44. The quantitative estimate of drug-likeness (QED) is 0.796. The number of aliphatic hydroxyl groups is 2. The second-order valence-electron chi connectivity index (χ2n) is 5.65. The maximum atomic E-state index is 12.9.